The fraction of sp³-hybridized carbons (Fsp3) is 0.633. The summed E-state index contributed by atoms with van der Waals surface area (Å²) in [5.41, 5.74) is 1.46. The summed E-state index contributed by atoms with van der Waals surface area (Å²) < 4.78 is 1.11. The van der Waals surface area contributed by atoms with Gasteiger partial charge in [0.15, 0.2) is 0 Å². The Morgan fingerprint density at radius 1 is 0.576 bits per heavy atom. The molecule has 188 valence electrons. The third-order valence-corrected chi connectivity index (χ3v) is 6.14. The Morgan fingerprint density at radius 3 is 1.39 bits per heavy atom. The van der Waals surface area contributed by atoms with E-state index in [-0.39, 0.29) is 12.4 Å². The molecule has 0 spiro atoms. The summed E-state index contributed by atoms with van der Waals surface area (Å²) in [6.07, 6.45) is 23.7. The second kappa shape index (κ2) is 22.4. The highest BCUT2D eigenvalue weighted by Gasteiger charge is 2.14. The first kappa shape index (κ1) is 31.6. The predicted molar refractivity (Wildman–Crippen MR) is 149 cm³/mol. The molecule has 0 amide bonds. The second-order valence-corrected chi connectivity index (χ2v) is 9.92. The van der Waals surface area contributed by atoms with Crippen molar-refractivity contribution in [2.75, 3.05) is 20.6 Å². The number of unbranched alkanes of at least 4 members (excludes halogenated alkanes) is 13. The minimum absolute atomic E-state index is 0. The molecule has 33 heavy (non-hydrogen) atoms. The van der Waals surface area contributed by atoms with Crippen LogP contribution in [0.15, 0.2) is 60.9 Å². The lowest BCUT2D eigenvalue weighted by Gasteiger charge is -2.30. The molecule has 2 nitrogen and oxygen atoms in total. The van der Waals surface area contributed by atoms with Gasteiger partial charge in [-0.05, 0) is 25.0 Å². The molecule has 1 heterocycles. The fourth-order valence-electron chi connectivity index (χ4n) is 4.20. The van der Waals surface area contributed by atoms with E-state index in [1.54, 1.807) is 12.4 Å². The molecule has 0 aliphatic rings. The highest BCUT2D eigenvalue weighted by Crippen LogP contribution is 2.15. The maximum atomic E-state index is 3.78. The molecule has 0 aliphatic carbocycles. The van der Waals surface area contributed by atoms with Crippen molar-refractivity contribution in [1.82, 2.24) is 4.98 Å². The molecule has 2 aromatic rings. The van der Waals surface area contributed by atoms with Crippen LogP contribution in [0, 0.1) is 0 Å². The molecule has 0 fully saturated rings. The van der Waals surface area contributed by atoms with Gasteiger partial charge in [0.25, 0.3) is 0 Å². The predicted octanol–water partition coefficient (Wildman–Crippen LogP) is 9.25. The number of aromatic nitrogens is 1. The van der Waals surface area contributed by atoms with Crippen molar-refractivity contribution in [3.8, 4) is 0 Å². The summed E-state index contributed by atoms with van der Waals surface area (Å²) in [6.45, 7) is 4.75. The molecule has 0 bridgehead atoms. The van der Waals surface area contributed by atoms with Gasteiger partial charge in [-0.1, -0.05) is 120 Å². The van der Waals surface area contributed by atoms with Crippen LogP contribution in [-0.2, 0) is 6.54 Å². The summed E-state index contributed by atoms with van der Waals surface area (Å²) >= 11 is 0. The molecule has 0 atom stereocenters. The first-order valence-corrected chi connectivity index (χ1v) is 13.3. The van der Waals surface area contributed by atoms with Crippen molar-refractivity contribution in [2.45, 2.75) is 103 Å². The van der Waals surface area contributed by atoms with E-state index < -0.39 is 0 Å². The maximum absolute atomic E-state index is 3.78. The highest BCUT2D eigenvalue weighted by atomic mass is 35.5. The van der Waals surface area contributed by atoms with Gasteiger partial charge in [0.05, 0.1) is 20.6 Å². The average Bonchev–Trinajstić information content (AvgIpc) is 2.81. The number of halogens is 1. The number of quaternary nitrogens is 1. The lowest BCUT2D eigenvalue weighted by Crippen LogP contribution is -2.39. The zero-order valence-corrected chi connectivity index (χ0v) is 22.7. The Hall–Kier alpha value is -1.38. The minimum Gasteiger partial charge on any atom is -0.325 e. The fourth-order valence-corrected chi connectivity index (χ4v) is 4.20. The van der Waals surface area contributed by atoms with Crippen molar-refractivity contribution >= 4 is 12.4 Å². The largest absolute Gasteiger partial charge is 0.325 e. The van der Waals surface area contributed by atoms with Gasteiger partial charge in [0.2, 0.25) is 0 Å². The molecule has 0 saturated carbocycles. The molecule has 0 saturated heterocycles. The lowest BCUT2D eigenvalue weighted by molar-refractivity contribution is -0.903. The molecule has 2 rings (SSSR count). The van der Waals surface area contributed by atoms with E-state index in [2.05, 4.69) is 56.3 Å². The Bertz CT molecular complexity index is 589. The van der Waals surface area contributed by atoms with Crippen molar-refractivity contribution in [1.29, 1.82) is 0 Å². The van der Waals surface area contributed by atoms with Crippen LogP contribution in [0.3, 0.4) is 0 Å². The Morgan fingerprint density at radius 2 is 1.00 bits per heavy atom. The van der Waals surface area contributed by atoms with Gasteiger partial charge in [0.1, 0.15) is 6.54 Å². The number of benzene rings is 1. The zero-order chi connectivity index (χ0) is 23.2. The van der Waals surface area contributed by atoms with Crippen molar-refractivity contribution in [2.24, 2.45) is 0 Å². The van der Waals surface area contributed by atoms with Crippen LogP contribution in [0.4, 0.5) is 0 Å². The molecule has 1 aromatic heterocycles. The summed E-state index contributed by atoms with van der Waals surface area (Å²) in [5.74, 6) is 0. The molecular formula is C30H52ClN2+. The zero-order valence-electron chi connectivity index (χ0n) is 21.9. The first-order valence-electron chi connectivity index (χ1n) is 13.3. The topological polar surface area (TPSA) is 12.9 Å². The lowest BCUT2D eigenvalue weighted by atomic mass is 10.0. The summed E-state index contributed by atoms with van der Waals surface area (Å²) in [6, 6.07) is 16.6. The number of hydrogen-bond acceptors (Lipinski definition) is 1. The Kier molecular flexibility index (Phi) is 21.5. The minimum atomic E-state index is 0. The average molecular weight is 476 g/mol. The molecule has 0 unspecified atom stereocenters. The van der Waals surface area contributed by atoms with Crippen molar-refractivity contribution in [3.63, 3.8) is 0 Å². The third-order valence-electron chi connectivity index (χ3n) is 6.14. The van der Waals surface area contributed by atoms with Crippen LogP contribution >= 0.6 is 12.4 Å². The van der Waals surface area contributed by atoms with Crippen molar-refractivity contribution < 1.29 is 4.48 Å². The SMILES string of the molecule is CCCCCCCCCCCCCCCC[N+](C)(C)Cc1ccccc1.Cl.c1ccncc1. The molecule has 0 aliphatic heterocycles. The molecule has 0 N–H and O–H groups in total. The van der Waals surface area contributed by atoms with Crippen LogP contribution in [-0.4, -0.2) is 30.1 Å². The van der Waals surface area contributed by atoms with Crippen LogP contribution in [0.5, 0.6) is 0 Å². The Labute approximate surface area is 212 Å². The van der Waals surface area contributed by atoms with Gasteiger partial charge >= 0.3 is 0 Å². The third kappa shape index (κ3) is 20.9. The molecular weight excluding hydrogens is 424 g/mol. The summed E-state index contributed by atoms with van der Waals surface area (Å²) in [4.78, 5) is 3.78. The van der Waals surface area contributed by atoms with E-state index in [4.69, 9.17) is 0 Å². The smallest absolute Gasteiger partial charge is 0.104 e. The van der Waals surface area contributed by atoms with Gasteiger partial charge in [-0.2, -0.15) is 0 Å². The highest BCUT2D eigenvalue weighted by molar-refractivity contribution is 5.85. The Balaban J connectivity index is 0.00000126. The van der Waals surface area contributed by atoms with Crippen LogP contribution in [0.25, 0.3) is 0 Å². The first-order chi connectivity index (χ1) is 15.6. The molecule has 3 heteroatoms. The number of nitrogens with zero attached hydrogens (tertiary/aromatic N) is 2. The van der Waals surface area contributed by atoms with E-state index in [9.17, 15) is 0 Å². The number of hydrogen-bond donors (Lipinski definition) is 0. The van der Waals surface area contributed by atoms with E-state index in [1.807, 2.05) is 18.2 Å². The van der Waals surface area contributed by atoms with Crippen LogP contribution in [0.2, 0.25) is 0 Å². The molecule has 0 radical (unpaired) electrons. The normalized spacial score (nSPS) is 10.8. The van der Waals surface area contributed by atoms with Gasteiger partial charge in [0, 0.05) is 18.0 Å². The van der Waals surface area contributed by atoms with Gasteiger partial charge in [-0.15, -0.1) is 12.4 Å². The number of rotatable bonds is 17. The van der Waals surface area contributed by atoms with Crippen LogP contribution < -0.4 is 0 Å². The van der Waals surface area contributed by atoms with E-state index in [1.165, 1.54) is 102 Å². The van der Waals surface area contributed by atoms with E-state index in [0.717, 1.165) is 11.0 Å². The molecule has 1 aromatic carbocycles. The monoisotopic (exact) mass is 475 g/mol. The van der Waals surface area contributed by atoms with Gasteiger partial charge in [-0.25, -0.2) is 0 Å². The number of pyridine rings is 1. The maximum Gasteiger partial charge on any atom is 0.104 e. The standard InChI is InChI=1S/C25H46N.C5H5N.ClH/c1-4-5-6-7-8-9-10-11-12-13-14-15-16-20-23-26(2,3)24-25-21-18-17-19-22-25;1-2-4-6-5-3-1;/h17-19,21-22H,4-16,20,23-24H2,1-3H3;1-5H;1H/q+1;;. The van der Waals surface area contributed by atoms with Crippen molar-refractivity contribution in [3.05, 3.63) is 66.5 Å². The van der Waals surface area contributed by atoms with E-state index >= 15 is 0 Å². The van der Waals surface area contributed by atoms with E-state index in [0.29, 0.717) is 0 Å². The van der Waals surface area contributed by atoms with Crippen LogP contribution in [0.1, 0.15) is 102 Å². The summed E-state index contributed by atoms with van der Waals surface area (Å²) in [7, 11) is 4.74. The quantitative estimate of drug-likeness (QED) is 0.164. The second-order valence-electron chi connectivity index (χ2n) is 9.92. The summed E-state index contributed by atoms with van der Waals surface area (Å²) in [5, 5.41) is 0. The van der Waals surface area contributed by atoms with Gasteiger partial charge in [-0.3, -0.25) is 4.98 Å². The van der Waals surface area contributed by atoms with Gasteiger partial charge < -0.3 is 4.48 Å².